The van der Waals surface area contributed by atoms with Gasteiger partial charge >= 0.3 is 0 Å². The summed E-state index contributed by atoms with van der Waals surface area (Å²) in [6, 6.07) is 10.2. The van der Waals surface area contributed by atoms with Crippen LogP contribution in [0, 0.1) is 5.41 Å². The third-order valence-electron chi connectivity index (χ3n) is 5.36. The molecule has 2 aliphatic rings. The first kappa shape index (κ1) is 17.2. The zero-order chi connectivity index (χ0) is 17.8. The zero-order valence-electron chi connectivity index (χ0n) is 15.3. The Bertz CT molecular complexity index is 710. The summed E-state index contributed by atoms with van der Waals surface area (Å²) in [5.74, 6) is 1.73. The fraction of sp³-hybridized carbons (Fsp3) is 0.500. The topological polar surface area (TPSA) is 50.7 Å². The SMILES string of the molecule is COc1ccc(CN2CCOC[C@]3(CCN(c4ncccn4)C3)C2)cc1. The van der Waals surface area contributed by atoms with E-state index < -0.39 is 0 Å². The number of hydrogen-bond donors (Lipinski definition) is 0. The van der Waals surface area contributed by atoms with Gasteiger partial charge in [0.25, 0.3) is 0 Å². The Morgan fingerprint density at radius 1 is 1.12 bits per heavy atom. The predicted molar refractivity (Wildman–Crippen MR) is 100 cm³/mol. The minimum Gasteiger partial charge on any atom is -0.497 e. The van der Waals surface area contributed by atoms with E-state index in [0.717, 1.165) is 64.1 Å². The summed E-state index contributed by atoms with van der Waals surface area (Å²) >= 11 is 0. The maximum atomic E-state index is 5.99. The standard InChI is InChI=1S/C20H26N4O2/c1-25-18-5-3-17(4-6-18)13-23-11-12-26-16-20(14-23)7-10-24(15-20)19-21-8-2-9-22-19/h2-6,8-9H,7,10-16H2,1H3/t20-/m1/s1. The minimum atomic E-state index is 0.155. The fourth-order valence-corrected chi connectivity index (χ4v) is 4.01. The van der Waals surface area contributed by atoms with Crippen LogP contribution in [0.4, 0.5) is 5.95 Å². The van der Waals surface area contributed by atoms with Crippen molar-refractivity contribution in [2.75, 3.05) is 51.4 Å². The Morgan fingerprint density at radius 3 is 2.69 bits per heavy atom. The highest BCUT2D eigenvalue weighted by Crippen LogP contribution is 2.35. The van der Waals surface area contributed by atoms with Crippen LogP contribution >= 0.6 is 0 Å². The molecule has 1 atom stereocenters. The molecule has 0 N–H and O–H groups in total. The molecule has 1 aromatic carbocycles. The Kier molecular flexibility index (Phi) is 5.04. The molecule has 0 saturated carbocycles. The summed E-state index contributed by atoms with van der Waals surface area (Å²) < 4.78 is 11.2. The molecule has 1 aromatic heterocycles. The Hall–Kier alpha value is -2.18. The second-order valence-corrected chi connectivity index (χ2v) is 7.33. The van der Waals surface area contributed by atoms with Gasteiger partial charge in [0.1, 0.15) is 5.75 Å². The first-order valence-corrected chi connectivity index (χ1v) is 9.21. The molecule has 0 amide bonds. The van der Waals surface area contributed by atoms with Crippen molar-refractivity contribution in [2.24, 2.45) is 5.41 Å². The number of nitrogens with zero attached hydrogens (tertiary/aromatic N) is 4. The van der Waals surface area contributed by atoms with Gasteiger partial charge in [0.05, 0.1) is 20.3 Å². The van der Waals surface area contributed by atoms with Crippen LogP contribution in [0.3, 0.4) is 0 Å². The van der Waals surface area contributed by atoms with Gasteiger partial charge in [-0.25, -0.2) is 9.97 Å². The number of methoxy groups -OCH3 is 1. The van der Waals surface area contributed by atoms with E-state index in [-0.39, 0.29) is 5.41 Å². The van der Waals surface area contributed by atoms with Crippen molar-refractivity contribution in [3.05, 3.63) is 48.3 Å². The van der Waals surface area contributed by atoms with Gasteiger partial charge in [-0.1, -0.05) is 12.1 Å². The number of rotatable bonds is 4. The minimum absolute atomic E-state index is 0.155. The maximum Gasteiger partial charge on any atom is 0.225 e. The van der Waals surface area contributed by atoms with Crippen LogP contribution in [-0.2, 0) is 11.3 Å². The number of anilines is 1. The van der Waals surface area contributed by atoms with Crippen molar-refractivity contribution in [1.82, 2.24) is 14.9 Å². The van der Waals surface area contributed by atoms with Crippen LogP contribution in [0.1, 0.15) is 12.0 Å². The molecule has 0 bridgehead atoms. The monoisotopic (exact) mass is 354 g/mol. The van der Waals surface area contributed by atoms with Crippen molar-refractivity contribution in [2.45, 2.75) is 13.0 Å². The fourth-order valence-electron chi connectivity index (χ4n) is 4.01. The van der Waals surface area contributed by atoms with Gasteiger partial charge < -0.3 is 14.4 Å². The summed E-state index contributed by atoms with van der Waals surface area (Å²) in [7, 11) is 1.70. The van der Waals surface area contributed by atoms with E-state index in [2.05, 4.69) is 31.9 Å². The van der Waals surface area contributed by atoms with Crippen LogP contribution in [0.2, 0.25) is 0 Å². The Balaban J connectivity index is 1.44. The Morgan fingerprint density at radius 2 is 1.92 bits per heavy atom. The molecule has 138 valence electrons. The molecular formula is C20H26N4O2. The summed E-state index contributed by atoms with van der Waals surface area (Å²) in [5.41, 5.74) is 1.46. The van der Waals surface area contributed by atoms with Crippen LogP contribution < -0.4 is 9.64 Å². The third kappa shape index (κ3) is 3.81. The molecule has 2 fully saturated rings. The smallest absolute Gasteiger partial charge is 0.225 e. The van der Waals surface area contributed by atoms with E-state index in [0.29, 0.717) is 0 Å². The van der Waals surface area contributed by atoms with E-state index in [9.17, 15) is 0 Å². The normalized spacial score (nSPS) is 24.0. The van der Waals surface area contributed by atoms with E-state index in [1.807, 2.05) is 30.6 Å². The molecule has 1 spiro atoms. The summed E-state index contributed by atoms with van der Waals surface area (Å²) in [6.45, 7) is 6.50. The molecule has 2 aliphatic heterocycles. The second kappa shape index (κ2) is 7.60. The maximum absolute atomic E-state index is 5.99. The first-order chi connectivity index (χ1) is 12.8. The molecule has 0 radical (unpaired) electrons. The summed E-state index contributed by atoms with van der Waals surface area (Å²) in [5, 5.41) is 0. The van der Waals surface area contributed by atoms with Gasteiger partial charge in [-0.3, -0.25) is 4.90 Å². The van der Waals surface area contributed by atoms with Crippen LogP contribution in [0.25, 0.3) is 0 Å². The number of benzene rings is 1. The highest BCUT2D eigenvalue weighted by atomic mass is 16.5. The van der Waals surface area contributed by atoms with Crippen molar-refractivity contribution >= 4 is 5.95 Å². The van der Waals surface area contributed by atoms with Crippen molar-refractivity contribution in [1.29, 1.82) is 0 Å². The van der Waals surface area contributed by atoms with Crippen molar-refractivity contribution < 1.29 is 9.47 Å². The van der Waals surface area contributed by atoms with Gasteiger partial charge in [-0.05, 0) is 30.2 Å². The lowest BCUT2D eigenvalue weighted by Gasteiger charge is -2.31. The molecule has 2 saturated heterocycles. The quantitative estimate of drug-likeness (QED) is 0.839. The first-order valence-electron chi connectivity index (χ1n) is 9.21. The number of hydrogen-bond acceptors (Lipinski definition) is 6. The average Bonchev–Trinajstić information content (AvgIpc) is 3.00. The van der Waals surface area contributed by atoms with Gasteiger partial charge in [0, 0.05) is 50.5 Å². The number of aromatic nitrogens is 2. The van der Waals surface area contributed by atoms with Crippen molar-refractivity contribution in [3.8, 4) is 5.75 Å². The van der Waals surface area contributed by atoms with Gasteiger partial charge in [-0.2, -0.15) is 0 Å². The molecule has 6 heteroatoms. The lowest BCUT2D eigenvalue weighted by molar-refractivity contribution is 0.0798. The third-order valence-corrected chi connectivity index (χ3v) is 5.36. The summed E-state index contributed by atoms with van der Waals surface area (Å²) in [4.78, 5) is 13.6. The molecule has 3 heterocycles. The average molecular weight is 354 g/mol. The largest absolute Gasteiger partial charge is 0.497 e. The molecule has 26 heavy (non-hydrogen) atoms. The van der Waals surface area contributed by atoms with E-state index >= 15 is 0 Å². The molecule has 0 unspecified atom stereocenters. The van der Waals surface area contributed by atoms with Crippen molar-refractivity contribution in [3.63, 3.8) is 0 Å². The zero-order valence-corrected chi connectivity index (χ0v) is 15.3. The Labute approximate surface area is 154 Å². The predicted octanol–water partition coefficient (Wildman–Crippen LogP) is 2.21. The molecule has 0 aliphatic carbocycles. The second-order valence-electron chi connectivity index (χ2n) is 7.33. The summed E-state index contributed by atoms with van der Waals surface area (Å²) in [6.07, 6.45) is 4.74. The highest BCUT2D eigenvalue weighted by molar-refractivity contribution is 5.32. The van der Waals surface area contributed by atoms with Gasteiger partial charge in [0.15, 0.2) is 0 Å². The molecule has 4 rings (SSSR count). The lowest BCUT2D eigenvalue weighted by Crippen LogP contribution is -2.40. The van der Waals surface area contributed by atoms with E-state index in [1.165, 1.54) is 5.56 Å². The van der Waals surface area contributed by atoms with E-state index in [4.69, 9.17) is 9.47 Å². The number of ether oxygens (including phenoxy) is 2. The van der Waals surface area contributed by atoms with Crippen LogP contribution in [-0.4, -0.2) is 61.4 Å². The van der Waals surface area contributed by atoms with Gasteiger partial charge in [-0.15, -0.1) is 0 Å². The van der Waals surface area contributed by atoms with E-state index in [1.54, 1.807) is 7.11 Å². The van der Waals surface area contributed by atoms with Crippen LogP contribution in [0.5, 0.6) is 5.75 Å². The highest BCUT2D eigenvalue weighted by Gasteiger charge is 2.41. The van der Waals surface area contributed by atoms with Gasteiger partial charge in [0.2, 0.25) is 5.95 Å². The van der Waals surface area contributed by atoms with Crippen LogP contribution in [0.15, 0.2) is 42.7 Å². The molecule has 2 aromatic rings. The molecular weight excluding hydrogens is 328 g/mol. The lowest BCUT2D eigenvalue weighted by atomic mass is 9.87. The molecule has 6 nitrogen and oxygen atoms in total.